The minimum Gasteiger partial charge on any atom is -0.492 e. The molecular formula is C19H25NO3S. The van der Waals surface area contributed by atoms with Crippen LogP contribution in [0.5, 0.6) is 5.75 Å². The van der Waals surface area contributed by atoms with Crippen molar-refractivity contribution in [2.45, 2.75) is 45.1 Å². The topological polar surface area (TPSA) is 55.4 Å². The first-order valence-corrected chi connectivity index (χ1v) is 9.60. The summed E-state index contributed by atoms with van der Waals surface area (Å²) in [6, 6.07) is 12.9. The van der Waals surface area contributed by atoms with Gasteiger partial charge in [0.15, 0.2) is 0 Å². The van der Waals surface area contributed by atoms with E-state index in [-0.39, 0.29) is 6.04 Å². The molecule has 24 heavy (non-hydrogen) atoms. The summed E-state index contributed by atoms with van der Waals surface area (Å²) >= 11 is 0. The van der Waals surface area contributed by atoms with Gasteiger partial charge in [-0.05, 0) is 50.5 Å². The fourth-order valence-electron chi connectivity index (χ4n) is 2.82. The molecule has 2 aromatic carbocycles. The summed E-state index contributed by atoms with van der Waals surface area (Å²) in [6.07, 6.45) is 0.649. The highest BCUT2D eigenvalue weighted by molar-refractivity contribution is 7.89. The molecular weight excluding hydrogens is 322 g/mol. The molecule has 0 saturated carbocycles. The van der Waals surface area contributed by atoms with Crippen LogP contribution in [-0.4, -0.2) is 21.1 Å². The normalized spacial score (nSPS) is 12.8. The number of benzene rings is 2. The van der Waals surface area contributed by atoms with E-state index in [1.807, 2.05) is 70.2 Å². The first-order valence-electron chi connectivity index (χ1n) is 8.11. The number of ether oxygens (including phenoxy) is 1. The van der Waals surface area contributed by atoms with Gasteiger partial charge in [-0.1, -0.05) is 42.8 Å². The van der Waals surface area contributed by atoms with Gasteiger partial charge in [0, 0.05) is 0 Å². The van der Waals surface area contributed by atoms with Gasteiger partial charge in [-0.15, -0.1) is 0 Å². The van der Waals surface area contributed by atoms with Crippen LogP contribution in [0.1, 0.15) is 30.0 Å². The van der Waals surface area contributed by atoms with Gasteiger partial charge in [-0.2, -0.15) is 0 Å². The van der Waals surface area contributed by atoms with Gasteiger partial charge in [0.2, 0.25) is 10.0 Å². The molecule has 1 atom stereocenters. The highest BCUT2D eigenvalue weighted by Crippen LogP contribution is 2.22. The largest absolute Gasteiger partial charge is 0.492 e. The van der Waals surface area contributed by atoms with Crippen molar-refractivity contribution >= 4 is 10.0 Å². The van der Waals surface area contributed by atoms with Crippen LogP contribution in [0.3, 0.4) is 0 Å². The van der Waals surface area contributed by atoms with E-state index in [2.05, 4.69) is 4.72 Å². The molecule has 0 radical (unpaired) electrons. The van der Waals surface area contributed by atoms with Crippen LogP contribution in [-0.2, 0) is 10.0 Å². The van der Waals surface area contributed by atoms with E-state index in [4.69, 9.17) is 4.74 Å². The first-order chi connectivity index (χ1) is 11.3. The van der Waals surface area contributed by atoms with Crippen molar-refractivity contribution in [3.05, 3.63) is 59.2 Å². The van der Waals surface area contributed by atoms with Crippen molar-refractivity contribution in [1.82, 2.24) is 4.72 Å². The number of sulfonamides is 1. The van der Waals surface area contributed by atoms with E-state index < -0.39 is 10.0 Å². The zero-order valence-electron chi connectivity index (χ0n) is 14.7. The van der Waals surface area contributed by atoms with Gasteiger partial charge in [0.05, 0.1) is 10.9 Å². The second kappa shape index (κ2) is 7.81. The molecule has 2 aromatic rings. The van der Waals surface area contributed by atoms with E-state index in [1.54, 1.807) is 0 Å². The fraction of sp³-hybridized carbons (Fsp3) is 0.368. The van der Waals surface area contributed by atoms with Crippen LogP contribution in [0.15, 0.2) is 47.4 Å². The highest BCUT2D eigenvalue weighted by Gasteiger charge is 2.23. The van der Waals surface area contributed by atoms with Crippen molar-refractivity contribution < 1.29 is 13.2 Å². The molecule has 0 aliphatic carbocycles. The number of rotatable bonds is 7. The van der Waals surface area contributed by atoms with E-state index in [1.165, 1.54) is 0 Å². The monoisotopic (exact) mass is 347 g/mol. The minimum absolute atomic E-state index is 0.282. The molecule has 1 N–H and O–H groups in total. The Morgan fingerprint density at radius 2 is 1.62 bits per heavy atom. The SMILES string of the molecule is CCC(COc1ccccc1)NS(=O)(=O)c1c(C)cc(C)cc1C. The molecule has 0 aliphatic heterocycles. The maximum Gasteiger partial charge on any atom is 0.241 e. The molecule has 0 aliphatic rings. The molecule has 0 saturated heterocycles. The van der Waals surface area contributed by atoms with Gasteiger partial charge in [-0.3, -0.25) is 0 Å². The predicted octanol–water partition coefficient (Wildman–Crippen LogP) is 3.75. The fourth-order valence-corrected chi connectivity index (χ4v) is 4.57. The zero-order chi connectivity index (χ0) is 17.7. The molecule has 0 aromatic heterocycles. The lowest BCUT2D eigenvalue weighted by molar-refractivity contribution is 0.275. The summed E-state index contributed by atoms with van der Waals surface area (Å²) in [4.78, 5) is 0.367. The smallest absolute Gasteiger partial charge is 0.241 e. The third kappa shape index (κ3) is 4.58. The van der Waals surface area contributed by atoms with Crippen molar-refractivity contribution in [1.29, 1.82) is 0 Å². The van der Waals surface area contributed by atoms with Crippen LogP contribution in [0, 0.1) is 20.8 Å². The maximum atomic E-state index is 12.8. The lowest BCUT2D eigenvalue weighted by Crippen LogP contribution is -2.39. The molecule has 0 heterocycles. The van der Waals surface area contributed by atoms with E-state index >= 15 is 0 Å². The average molecular weight is 347 g/mol. The summed E-state index contributed by atoms with van der Waals surface area (Å²) in [5.41, 5.74) is 2.58. The van der Waals surface area contributed by atoms with E-state index in [0.717, 1.165) is 22.4 Å². The van der Waals surface area contributed by atoms with Crippen molar-refractivity contribution in [3.63, 3.8) is 0 Å². The van der Waals surface area contributed by atoms with Gasteiger partial charge in [0.25, 0.3) is 0 Å². The Hall–Kier alpha value is -1.85. The summed E-state index contributed by atoms with van der Waals surface area (Å²) in [6.45, 7) is 7.86. The molecule has 0 fully saturated rings. The van der Waals surface area contributed by atoms with Crippen molar-refractivity contribution in [3.8, 4) is 5.75 Å². The molecule has 130 valence electrons. The van der Waals surface area contributed by atoms with Crippen LogP contribution < -0.4 is 9.46 Å². The summed E-state index contributed by atoms with van der Waals surface area (Å²) in [5, 5.41) is 0. The van der Waals surface area contributed by atoms with Crippen LogP contribution in [0.25, 0.3) is 0 Å². The first kappa shape index (κ1) is 18.5. The summed E-state index contributed by atoms with van der Waals surface area (Å²) in [7, 11) is -3.58. The van der Waals surface area contributed by atoms with Gasteiger partial charge in [-0.25, -0.2) is 13.1 Å². The lowest BCUT2D eigenvalue weighted by atomic mass is 10.1. The average Bonchev–Trinajstić information content (AvgIpc) is 2.51. The summed E-state index contributed by atoms with van der Waals surface area (Å²) < 4.78 is 34.1. The van der Waals surface area contributed by atoms with Gasteiger partial charge < -0.3 is 4.74 Å². The number of hydrogen-bond donors (Lipinski definition) is 1. The third-order valence-corrected chi connectivity index (χ3v) is 5.71. The highest BCUT2D eigenvalue weighted by atomic mass is 32.2. The molecule has 2 rings (SSSR count). The molecule has 1 unspecified atom stereocenters. The second-order valence-corrected chi connectivity index (χ2v) is 7.73. The molecule has 0 amide bonds. The van der Waals surface area contributed by atoms with Crippen molar-refractivity contribution in [2.24, 2.45) is 0 Å². The van der Waals surface area contributed by atoms with Gasteiger partial charge in [0.1, 0.15) is 12.4 Å². The Morgan fingerprint density at radius 1 is 1.04 bits per heavy atom. The van der Waals surface area contributed by atoms with Crippen LogP contribution in [0.2, 0.25) is 0 Å². The van der Waals surface area contributed by atoms with Crippen LogP contribution >= 0.6 is 0 Å². The molecule has 5 heteroatoms. The Kier molecular flexibility index (Phi) is 6.02. The maximum absolute atomic E-state index is 12.8. The Balaban J connectivity index is 2.14. The lowest BCUT2D eigenvalue weighted by Gasteiger charge is -2.20. The summed E-state index contributed by atoms with van der Waals surface area (Å²) in [5.74, 6) is 0.734. The Morgan fingerprint density at radius 3 is 2.17 bits per heavy atom. The minimum atomic E-state index is -3.58. The predicted molar refractivity (Wildman–Crippen MR) is 97.0 cm³/mol. The number of aryl methyl sites for hydroxylation is 3. The van der Waals surface area contributed by atoms with Gasteiger partial charge >= 0.3 is 0 Å². The number of para-hydroxylation sites is 1. The number of nitrogens with one attached hydrogen (secondary N) is 1. The standard InChI is InChI=1S/C19H25NO3S/c1-5-17(13-23-18-9-7-6-8-10-18)20-24(21,22)19-15(3)11-14(2)12-16(19)4/h6-12,17,20H,5,13H2,1-4H3. The van der Waals surface area contributed by atoms with Crippen molar-refractivity contribution in [2.75, 3.05) is 6.61 Å². The Bertz CT molecular complexity index is 763. The van der Waals surface area contributed by atoms with Crippen LogP contribution in [0.4, 0.5) is 0 Å². The Labute approximate surface area is 144 Å². The second-order valence-electron chi connectivity index (χ2n) is 6.08. The van der Waals surface area contributed by atoms with E-state index in [0.29, 0.717) is 17.9 Å². The molecule has 0 spiro atoms. The quantitative estimate of drug-likeness (QED) is 0.830. The molecule has 0 bridgehead atoms. The molecule has 4 nitrogen and oxygen atoms in total. The van der Waals surface area contributed by atoms with E-state index in [9.17, 15) is 8.42 Å². The number of hydrogen-bond acceptors (Lipinski definition) is 3. The zero-order valence-corrected chi connectivity index (χ0v) is 15.5. The third-order valence-electron chi connectivity index (χ3n) is 3.88.